The number of benzene rings is 1. The van der Waals surface area contributed by atoms with E-state index in [1.54, 1.807) is 7.11 Å². The van der Waals surface area contributed by atoms with Crippen LogP contribution in [0.25, 0.3) is 6.08 Å². The molecule has 0 amide bonds. The zero-order valence-electron chi connectivity index (χ0n) is 15.2. The molecular weight excluding hydrogens is 308 g/mol. The quantitative estimate of drug-likeness (QED) is 0.627. The highest BCUT2D eigenvalue weighted by Gasteiger charge is 2.32. The first-order chi connectivity index (χ1) is 11.3. The smallest absolute Gasteiger partial charge is 0.207 e. The van der Waals surface area contributed by atoms with Crippen molar-refractivity contribution < 1.29 is 24.1 Å². The molecule has 0 saturated heterocycles. The molecule has 0 bridgehead atoms. The summed E-state index contributed by atoms with van der Waals surface area (Å²) in [5, 5.41) is 10.8. The molecule has 0 fully saturated rings. The van der Waals surface area contributed by atoms with Crippen molar-refractivity contribution >= 4 is 6.08 Å². The highest BCUT2D eigenvalue weighted by Crippen LogP contribution is 2.52. The van der Waals surface area contributed by atoms with Crippen LogP contribution in [0, 0.1) is 0 Å². The summed E-state index contributed by atoms with van der Waals surface area (Å²) in [5.74, 6) is 1.36. The van der Waals surface area contributed by atoms with Crippen LogP contribution in [0.1, 0.15) is 38.8 Å². The SMILES string of the molecule is COCOc1c(O)c(CC=C(C)C)c(OC)c2c1OC(C)(C)C=C2. The van der Waals surface area contributed by atoms with Crippen molar-refractivity contribution in [2.24, 2.45) is 0 Å². The highest BCUT2D eigenvalue weighted by atomic mass is 16.7. The van der Waals surface area contributed by atoms with Gasteiger partial charge in [0.1, 0.15) is 11.4 Å². The van der Waals surface area contributed by atoms with E-state index in [2.05, 4.69) is 0 Å². The summed E-state index contributed by atoms with van der Waals surface area (Å²) < 4.78 is 22.2. The Bertz CT molecular complexity index is 667. The second-order valence-electron chi connectivity index (χ2n) is 6.51. The van der Waals surface area contributed by atoms with Gasteiger partial charge < -0.3 is 24.1 Å². The molecular formula is C19H26O5. The van der Waals surface area contributed by atoms with Gasteiger partial charge in [0.05, 0.1) is 12.7 Å². The minimum absolute atomic E-state index is 0.0158. The number of fused-ring (bicyclic) bond motifs is 1. The Balaban J connectivity index is 2.67. The first-order valence-corrected chi connectivity index (χ1v) is 7.90. The van der Waals surface area contributed by atoms with E-state index in [-0.39, 0.29) is 18.3 Å². The molecule has 0 aliphatic carbocycles. The maximum absolute atomic E-state index is 10.8. The summed E-state index contributed by atoms with van der Waals surface area (Å²) in [6.07, 6.45) is 6.47. The van der Waals surface area contributed by atoms with E-state index >= 15 is 0 Å². The first kappa shape index (κ1) is 18.2. The van der Waals surface area contributed by atoms with Crippen LogP contribution < -0.4 is 14.2 Å². The second-order valence-corrected chi connectivity index (χ2v) is 6.51. The van der Waals surface area contributed by atoms with Crippen LogP contribution in [0.4, 0.5) is 0 Å². The topological polar surface area (TPSA) is 57.2 Å². The van der Waals surface area contributed by atoms with Gasteiger partial charge in [0.15, 0.2) is 18.3 Å². The van der Waals surface area contributed by atoms with E-state index < -0.39 is 5.60 Å². The molecule has 2 rings (SSSR count). The average Bonchev–Trinajstić information content (AvgIpc) is 2.51. The highest BCUT2D eigenvalue weighted by molar-refractivity contribution is 5.77. The Hall–Kier alpha value is -2.14. The normalized spacial score (nSPS) is 14.6. The van der Waals surface area contributed by atoms with Crippen LogP contribution in [0.5, 0.6) is 23.0 Å². The Labute approximate surface area is 143 Å². The van der Waals surface area contributed by atoms with Crippen LogP contribution in [0.3, 0.4) is 0 Å². The molecule has 0 saturated carbocycles. The largest absolute Gasteiger partial charge is 0.504 e. The fraction of sp³-hybridized carbons (Fsp3) is 0.474. The molecule has 1 aromatic rings. The van der Waals surface area contributed by atoms with Gasteiger partial charge in [-0.3, -0.25) is 0 Å². The van der Waals surface area contributed by atoms with Crippen molar-refractivity contribution in [3.8, 4) is 23.0 Å². The van der Waals surface area contributed by atoms with Crippen LogP contribution in [-0.4, -0.2) is 31.7 Å². The van der Waals surface area contributed by atoms with Gasteiger partial charge in [-0.05, 0) is 46.3 Å². The first-order valence-electron chi connectivity index (χ1n) is 7.90. The molecule has 1 heterocycles. The predicted molar refractivity (Wildman–Crippen MR) is 94.0 cm³/mol. The third-order valence-electron chi connectivity index (χ3n) is 3.73. The van der Waals surface area contributed by atoms with Crippen LogP contribution >= 0.6 is 0 Å². The predicted octanol–water partition coefficient (Wildman–Crippen LogP) is 4.08. The third kappa shape index (κ3) is 3.67. The standard InChI is InChI=1S/C19H26O5/c1-12(2)7-8-13-15(20)18(23-11-21-5)17-14(16(13)22-6)9-10-19(3,4)24-17/h7,9-10,20H,8,11H2,1-6H3. The van der Waals surface area contributed by atoms with Gasteiger partial charge in [-0.2, -0.15) is 0 Å². The minimum atomic E-state index is -0.503. The van der Waals surface area contributed by atoms with Crippen molar-refractivity contribution in [2.45, 2.75) is 39.7 Å². The Kier molecular flexibility index (Phi) is 5.44. The average molecular weight is 334 g/mol. The summed E-state index contributed by atoms with van der Waals surface area (Å²) in [5.41, 5.74) is 2.08. The van der Waals surface area contributed by atoms with Gasteiger partial charge in [-0.1, -0.05) is 11.6 Å². The Morgan fingerprint density at radius 1 is 1.25 bits per heavy atom. The summed E-state index contributed by atoms with van der Waals surface area (Å²) >= 11 is 0. The molecule has 24 heavy (non-hydrogen) atoms. The number of allylic oxidation sites excluding steroid dienone is 2. The maximum atomic E-state index is 10.8. The maximum Gasteiger partial charge on any atom is 0.207 e. The van der Waals surface area contributed by atoms with Gasteiger partial charge in [-0.25, -0.2) is 0 Å². The van der Waals surface area contributed by atoms with Crippen molar-refractivity contribution in [2.75, 3.05) is 21.0 Å². The third-order valence-corrected chi connectivity index (χ3v) is 3.73. The molecule has 0 atom stereocenters. The Morgan fingerprint density at radius 2 is 1.96 bits per heavy atom. The lowest BCUT2D eigenvalue weighted by atomic mass is 9.96. The van der Waals surface area contributed by atoms with Crippen molar-refractivity contribution in [3.05, 3.63) is 28.9 Å². The van der Waals surface area contributed by atoms with Crippen molar-refractivity contribution in [1.82, 2.24) is 0 Å². The second kappa shape index (κ2) is 7.18. The van der Waals surface area contributed by atoms with E-state index in [1.165, 1.54) is 7.11 Å². The number of hydrogen-bond donors (Lipinski definition) is 1. The molecule has 0 spiro atoms. The number of phenols is 1. The molecule has 1 aromatic carbocycles. The lowest BCUT2D eigenvalue weighted by Crippen LogP contribution is -2.28. The van der Waals surface area contributed by atoms with Crippen molar-refractivity contribution in [1.29, 1.82) is 0 Å². The monoisotopic (exact) mass is 334 g/mol. The number of rotatable bonds is 6. The number of aromatic hydroxyl groups is 1. The number of methoxy groups -OCH3 is 2. The molecule has 132 valence electrons. The summed E-state index contributed by atoms with van der Waals surface area (Å²) in [6, 6.07) is 0. The molecule has 1 aliphatic rings. The number of ether oxygens (including phenoxy) is 4. The fourth-order valence-electron chi connectivity index (χ4n) is 2.55. The van der Waals surface area contributed by atoms with Gasteiger partial charge in [0.2, 0.25) is 5.75 Å². The van der Waals surface area contributed by atoms with E-state index in [1.807, 2.05) is 45.9 Å². The van der Waals surface area contributed by atoms with Gasteiger partial charge >= 0.3 is 0 Å². The van der Waals surface area contributed by atoms with E-state index in [4.69, 9.17) is 18.9 Å². The molecule has 0 aromatic heterocycles. The number of phenolic OH excluding ortho intramolecular Hbond substituents is 1. The van der Waals surface area contributed by atoms with Gasteiger partial charge in [-0.15, -0.1) is 0 Å². The Morgan fingerprint density at radius 3 is 2.54 bits per heavy atom. The number of hydrogen-bond acceptors (Lipinski definition) is 5. The fourth-order valence-corrected chi connectivity index (χ4v) is 2.55. The zero-order chi connectivity index (χ0) is 17.9. The van der Waals surface area contributed by atoms with E-state index in [9.17, 15) is 5.11 Å². The van der Waals surface area contributed by atoms with Gasteiger partial charge in [0.25, 0.3) is 0 Å². The zero-order valence-corrected chi connectivity index (χ0v) is 15.2. The van der Waals surface area contributed by atoms with Crippen LogP contribution in [-0.2, 0) is 11.2 Å². The van der Waals surface area contributed by atoms with Gasteiger partial charge in [0, 0.05) is 12.7 Å². The van der Waals surface area contributed by atoms with E-state index in [0.717, 1.165) is 11.1 Å². The van der Waals surface area contributed by atoms with E-state index in [0.29, 0.717) is 23.5 Å². The lowest BCUT2D eigenvalue weighted by Gasteiger charge is -2.31. The van der Waals surface area contributed by atoms with Crippen LogP contribution in [0.2, 0.25) is 0 Å². The van der Waals surface area contributed by atoms with Crippen molar-refractivity contribution in [3.63, 3.8) is 0 Å². The molecule has 5 heteroatoms. The lowest BCUT2D eigenvalue weighted by molar-refractivity contribution is 0.0430. The molecule has 0 radical (unpaired) electrons. The molecule has 1 aliphatic heterocycles. The van der Waals surface area contributed by atoms with Crippen LogP contribution in [0.15, 0.2) is 17.7 Å². The summed E-state index contributed by atoms with van der Waals surface area (Å²) in [4.78, 5) is 0. The minimum Gasteiger partial charge on any atom is -0.504 e. The molecule has 5 nitrogen and oxygen atoms in total. The molecule has 1 N–H and O–H groups in total. The summed E-state index contributed by atoms with van der Waals surface area (Å²) in [6.45, 7) is 7.91. The molecule has 0 unspecified atom stereocenters. The summed E-state index contributed by atoms with van der Waals surface area (Å²) in [7, 11) is 3.12.